The Balaban J connectivity index is 2.87. The van der Waals surface area contributed by atoms with Crippen LogP contribution in [0.25, 0.3) is 0 Å². The molecule has 0 spiro atoms. The van der Waals surface area contributed by atoms with Crippen molar-refractivity contribution in [3.05, 3.63) is 35.4 Å². The Hall–Kier alpha value is -0.960. The lowest BCUT2D eigenvalue weighted by Gasteiger charge is -2.17. The first kappa shape index (κ1) is 11.1. The fourth-order valence-corrected chi connectivity index (χ4v) is 1.44. The summed E-state index contributed by atoms with van der Waals surface area (Å²) < 4.78 is 25.3. The van der Waals surface area contributed by atoms with Gasteiger partial charge in [-0.1, -0.05) is 36.8 Å². The SMILES string of the molecule is CCNC(c1cccc(C)c1)C(F)F. The van der Waals surface area contributed by atoms with Crippen molar-refractivity contribution in [1.82, 2.24) is 5.32 Å². The molecule has 1 N–H and O–H groups in total. The highest BCUT2D eigenvalue weighted by Gasteiger charge is 2.20. The van der Waals surface area contributed by atoms with Gasteiger partial charge >= 0.3 is 0 Å². The molecule has 0 aliphatic heterocycles. The Bertz CT molecular complexity index is 286. The minimum atomic E-state index is -2.36. The van der Waals surface area contributed by atoms with E-state index >= 15 is 0 Å². The maximum atomic E-state index is 12.6. The zero-order valence-electron chi connectivity index (χ0n) is 8.43. The number of halogens is 2. The third-order valence-electron chi connectivity index (χ3n) is 2.08. The van der Waals surface area contributed by atoms with E-state index in [0.29, 0.717) is 12.1 Å². The van der Waals surface area contributed by atoms with E-state index in [-0.39, 0.29) is 0 Å². The van der Waals surface area contributed by atoms with E-state index in [9.17, 15) is 8.78 Å². The number of alkyl halides is 2. The summed E-state index contributed by atoms with van der Waals surface area (Å²) in [6.45, 7) is 4.27. The van der Waals surface area contributed by atoms with Crippen molar-refractivity contribution < 1.29 is 8.78 Å². The van der Waals surface area contributed by atoms with Crippen LogP contribution in [0.5, 0.6) is 0 Å². The summed E-state index contributed by atoms with van der Waals surface area (Å²) in [4.78, 5) is 0. The van der Waals surface area contributed by atoms with Crippen LogP contribution in [0.15, 0.2) is 24.3 Å². The number of benzene rings is 1. The van der Waals surface area contributed by atoms with Gasteiger partial charge in [0.1, 0.15) is 0 Å². The van der Waals surface area contributed by atoms with Crippen LogP contribution in [0.4, 0.5) is 8.78 Å². The molecule has 78 valence electrons. The average Bonchev–Trinajstić information content (AvgIpc) is 2.13. The van der Waals surface area contributed by atoms with Gasteiger partial charge in [-0.15, -0.1) is 0 Å². The minimum absolute atomic E-state index is 0.545. The molecule has 0 amide bonds. The van der Waals surface area contributed by atoms with Crippen LogP contribution in [0.1, 0.15) is 24.1 Å². The third-order valence-corrected chi connectivity index (χ3v) is 2.08. The van der Waals surface area contributed by atoms with Gasteiger partial charge in [-0.2, -0.15) is 0 Å². The smallest absolute Gasteiger partial charge is 0.257 e. The van der Waals surface area contributed by atoms with Crippen LogP contribution in [-0.2, 0) is 0 Å². The normalized spacial score (nSPS) is 13.2. The number of nitrogens with one attached hydrogen (secondary N) is 1. The molecule has 1 unspecified atom stereocenters. The monoisotopic (exact) mass is 199 g/mol. The second-order valence-electron chi connectivity index (χ2n) is 3.28. The molecule has 0 saturated heterocycles. The van der Waals surface area contributed by atoms with E-state index in [2.05, 4.69) is 5.32 Å². The van der Waals surface area contributed by atoms with Crippen LogP contribution in [0.3, 0.4) is 0 Å². The summed E-state index contributed by atoms with van der Waals surface area (Å²) in [5, 5.41) is 2.78. The Labute approximate surface area is 83.1 Å². The lowest BCUT2D eigenvalue weighted by atomic mass is 10.0. The molecule has 0 bridgehead atoms. The van der Waals surface area contributed by atoms with Gasteiger partial charge in [0.2, 0.25) is 0 Å². The molecule has 1 aromatic rings. The topological polar surface area (TPSA) is 12.0 Å². The molecule has 1 aromatic carbocycles. The molecule has 14 heavy (non-hydrogen) atoms. The number of hydrogen-bond donors (Lipinski definition) is 1. The van der Waals surface area contributed by atoms with Crippen molar-refractivity contribution in [3.8, 4) is 0 Å². The second kappa shape index (κ2) is 5.05. The van der Waals surface area contributed by atoms with E-state index in [1.54, 1.807) is 18.2 Å². The highest BCUT2D eigenvalue weighted by atomic mass is 19.3. The van der Waals surface area contributed by atoms with Crippen LogP contribution in [0, 0.1) is 6.92 Å². The molecule has 1 atom stereocenters. The molecule has 1 nitrogen and oxygen atoms in total. The summed E-state index contributed by atoms with van der Waals surface area (Å²) in [5.74, 6) is 0. The molecule has 0 fully saturated rings. The van der Waals surface area contributed by atoms with Gasteiger partial charge < -0.3 is 5.32 Å². The average molecular weight is 199 g/mol. The number of aryl methyl sites for hydroxylation is 1. The van der Waals surface area contributed by atoms with Crippen LogP contribution >= 0.6 is 0 Å². The minimum Gasteiger partial charge on any atom is -0.306 e. The fourth-order valence-electron chi connectivity index (χ4n) is 1.44. The lowest BCUT2D eigenvalue weighted by Crippen LogP contribution is -2.27. The summed E-state index contributed by atoms with van der Waals surface area (Å²) >= 11 is 0. The van der Waals surface area contributed by atoms with Gasteiger partial charge in [-0.3, -0.25) is 0 Å². The van der Waals surface area contributed by atoms with Gasteiger partial charge in [0, 0.05) is 0 Å². The standard InChI is InChI=1S/C11H15F2N/c1-3-14-10(11(12)13)9-6-4-5-8(2)7-9/h4-7,10-11,14H,3H2,1-2H3. The zero-order chi connectivity index (χ0) is 10.6. The summed E-state index contributed by atoms with van der Waals surface area (Å²) in [6.07, 6.45) is -2.36. The van der Waals surface area contributed by atoms with Crippen molar-refractivity contribution in [1.29, 1.82) is 0 Å². The maximum absolute atomic E-state index is 12.6. The van der Waals surface area contributed by atoms with Crippen molar-refractivity contribution in [2.75, 3.05) is 6.54 Å². The highest BCUT2D eigenvalue weighted by Crippen LogP contribution is 2.21. The van der Waals surface area contributed by atoms with E-state index in [0.717, 1.165) is 5.56 Å². The summed E-state index contributed by atoms with van der Waals surface area (Å²) in [6, 6.07) is 6.38. The quantitative estimate of drug-likeness (QED) is 0.786. The molecule has 0 saturated carbocycles. The van der Waals surface area contributed by atoms with Crippen molar-refractivity contribution in [2.24, 2.45) is 0 Å². The lowest BCUT2D eigenvalue weighted by molar-refractivity contribution is 0.0993. The van der Waals surface area contributed by atoms with Gasteiger partial charge in [0.05, 0.1) is 6.04 Å². The van der Waals surface area contributed by atoms with Crippen molar-refractivity contribution in [2.45, 2.75) is 26.3 Å². The predicted octanol–water partition coefficient (Wildman–Crippen LogP) is 2.91. The Morgan fingerprint density at radius 1 is 1.36 bits per heavy atom. The maximum Gasteiger partial charge on any atom is 0.257 e. The Kier molecular flexibility index (Phi) is 4.01. The summed E-state index contributed by atoms with van der Waals surface area (Å²) in [5.41, 5.74) is 1.66. The van der Waals surface area contributed by atoms with Gasteiger partial charge in [-0.25, -0.2) is 8.78 Å². The molecule has 0 aliphatic carbocycles. The van der Waals surface area contributed by atoms with Crippen LogP contribution < -0.4 is 5.32 Å². The van der Waals surface area contributed by atoms with Gasteiger partial charge in [0.25, 0.3) is 6.43 Å². The molecule has 0 heterocycles. The van der Waals surface area contributed by atoms with Crippen molar-refractivity contribution in [3.63, 3.8) is 0 Å². The van der Waals surface area contributed by atoms with E-state index in [1.807, 2.05) is 19.9 Å². The summed E-state index contributed by atoms with van der Waals surface area (Å²) in [7, 11) is 0. The molecule has 0 radical (unpaired) electrons. The van der Waals surface area contributed by atoms with Gasteiger partial charge in [0.15, 0.2) is 0 Å². The van der Waals surface area contributed by atoms with Gasteiger partial charge in [-0.05, 0) is 19.0 Å². The Morgan fingerprint density at radius 3 is 2.57 bits per heavy atom. The molecule has 3 heteroatoms. The largest absolute Gasteiger partial charge is 0.306 e. The molecule has 1 rings (SSSR count). The highest BCUT2D eigenvalue weighted by molar-refractivity contribution is 5.25. The number of hydrogen-bond acceptors (Lipinski definition) is 1. The molecule has 0 aliphatic rings. The van der Waals surface area contributed by atoms with Crippen LogP contribution in [-0.4, -0.2) is 13.0 Å². The predicted molar refractivity (Wildman–Crippen MR) is 53.6 cm³/mol. The first-order chi connectivity index (χ1) is 6.65. The first-order valence-electron chi connectivity index (χ1n) is 4.73. The van der Waals surface area contributed by atoms with Crippen LogP contribution in [0.2, 0.25) is 0 Å². The second-order valence-corrected chi connectivity index (χ2v) is 3.28. The Morgan fingerprint density at radius 2 is 2.07 bits per heavy atom. The van der Waals surface area contributed by atoms with E-state index in [4.69, 9.17) is 0 Å². The van der Waals surface area contributed by atoms with E-state index in [1.165, 1.54) is 0 Å². The van der Waals surface area contributed by atoms with E-state index < -0.39 is 12.5 Å². The first-order valence-corrected chi connectivity index (χ1v) is 4.73. The van der Waals surface area contributed by atoms with Crippen molar-refractivity contribution >= 4 is 0 Å². The number of rotatable bonds is 4. The molecule has 0 aromatic heterocycles. The fraction of sp³-hybridized carbons (Fsp3) is 0.455. The molecular weight excluding hydrogens is 184 g/mol. The third kappa shape index (κ3) is 2.77. The zero-order valence-corrected chi connectivity index (χ0v) is 8.43. The molecular formula is C11H15F2N.